The van der Waals surface area contributed by atoms with Crippen molar-refractivity contribution >= 4 is 28.6 Å². The Morgan fingerprint density at radius 2 is 1.67 bits per heavy atom. The number of amides is 3. The first-order valence-electron chi connectivity index (χ1n) is 10.6. The molecular formula is C24H20F2N4O3. The fourth-order valence-electron chi connectivity index (χ4n) is 4.48. The number of ketones is 1. The second kappa shape index (κ2) is 7.68. The van der Waals surface area contributed by atoms with Crippen LogP contribution in [0.2, 0.25) is 0 Å². The van der Waals surface area contributed by atoms with Crippen molar-refractivity contribution in [2.45, 2.75) is 37.1 Å². The molecule has 2 fully saturated rings. The zero-order chi connectivity index (χ0) is 23.2. The third-order valence-electron chi connectivity index (χ3n) is 6.41. The Bertz CT molecular complexity index is 1260. The Hall–Kier alpha value is -3.75. The second-order valence-corrected chi connectivity index (χ2v) is 8.50. The number of hydrogen-bond donors (Lipinski definition) is 1. The molecule has 0 atom stereocenters. The summed E-state index contributed by atoms with van der Waals surface area (Å²) in [6, 6.07) is 13.6. The smallest absolute Gasteiger partial charge is 0.323 e. The van der Waals surface area contributed by atoms with E-state index in [1.807, 2.05) is 24.3 Å². The van der Waals surface area contributed by atoms with Gasteiger partial charge in [0.1, 0.15) is 11.9 Å². The molecule has 1 aromatic heterocycles. The number of alkyl halides is 2. The first-order chi connectivity index (χ1) is 15.8. The van der Waals surface area contributed by atoms with E-state index in [-0.39, 0.29) is 12.8 Å². The lowest BCUT2D eigenvalue weighted by molar-refractivity contribution is -0.135. The van der Waals surface area contributed by atoms with Crippen molar-refractivity contribution in [3.8, 4) is 11.3 Å². The third-order valence-corrected chi connectivity index (χ3v) is 6.41. The van der Waals surface area contributed by atoms with Gasteiger partial charge in [0.25, 0.3) is 5.91 Å². The van der Waals surface area contributed by atoms with E-state index >= 15 is 0 Å². The van der Waals surface area contributed by atoms with E-state index in [0.717, 1.165) is 27.1 Å². The Morgan fingerprint density at radius 1 is 0.970 bits per heavy atom. The molecule has 9 heteroatoms. The second-order valence-electron chi connectivity index (χ2n) is 8.50. The van der Waals surface area contributed by atoms with Crippen LogP contribution in [0.5, 0.6) is 0 Å². The number of urea groups is 1. The van der Waals surface area contributed by atoms with Crippen LogP contribution in [-0.2, 0) is 4.79 Å². The Morgan fingerprint density at radius 3 is 2.39 bits per heavy atom. The maximum atomic E-state index is 13.5. The zero-order valence-electron chi connectivity index (χ0n) is 17.6. The summed E-state index contributed by atoms with van der Waals surface area (Å²) in [5.41, 5.74) is 1.31. The van der Waals surface area contributed by atoms with E-state index in [2.05, 4.69) is 15.3 Å². The van der Waals surface area contributed by atoms with Gasteiger partial charge >= 0.3 is 6.03 Å². The summed E-state index contributed by atoms with van der Waals surface area (Å²) in [6.07, 6.45) is 0.249. The number of imide groups is 1. The number of para-hydroxylation sites is 1. The van der Waals surface area contributed by atoms with Gasteiger partial charge < -0.3 is 5.32 Å². The van der Waals surface area contributed by atoms with E-state index in [4.69, 9.17) is 0 Å². The minimum atomic E-state index is -2.84. The standard InChI is InChI=1S/C24H20F2N4O3/c25-24(26)11-9-23(10-12-24)21(32)30(22(33)29-23)13-19(31)15-5-7-16(8-6-15)20-17-3-1-2-4-18(17)27-14-28-20/h1-8,14H,9-13H2,(H,29,33). The van der Waals surface area contributed by atoms with Crippen molar-refractivity contribution in [1.82, 2.24) is 20.2 Å². The molecule has 1 saturated carbocycles. The lowest BCUT2D eigenvalue weighted by atomic mass is 9.80. The van der Waals surface area contributed by atoms with Gasteiger partial charge in [-0.25, -0.2) is 23.5 Å². The van der Waals surface area contributed by atoms with Gasteiger partial charge in [-0.05, 0) is 18.9 Å². The van der Waals surface area contributed by atoms with Crippen molar-refractivity contribution < 1.29 is 23.2 Å². The molecule has 2 aromatic carbocycles. The number of hydrogen-bond acceptors (Lipinski definition) is 5. The normalized spacial score (nSPS) is 19.2. The molecule has 1 N–H and O–H groups in total. The molecule has 1 aliphatic heterocycles. The molecule has 3 amide bonds. The summed E-state index contributed by atoms with van der Waals surface area (Å²) in [6.45, 7) is -0.446. The highest BCUT2D eigenvalue weighted by atomic mass is 19.3. The van der Waals surface area contributed by atoms with Crippen molar-refractivity contribution in [2.75, 3.05) is 6.54 Å². The zero-order valence-corrected chi connectivity index (χ0v) is 17.6. The highest BCUT2D eigenvalue weighted by Crippen LogP contribution is 2.41. The topological polar surface area (TPSA) is 92.3 Å². The molecule has 3 aromatic rings. The fraction of sp³-hybridized carbons (Fsp3) is 0.292. The van der Waals surface area contributed by atoms with Gasteiger partial charge in [-0.15, -0.1) is 0 Å². The summed E-state index contributed by atoms with van der Waals surface area (Å²) in [5, 5.41) is 3.43. The predicted octanol–water partition coefficient (Wildman–Crippen LogP) is 3.98. The molecule has 1 aliphatic carbocycles. The number of carbonyl (C=O) groups is 3. The first kappa shape index (κ1) is 21.1. The van der Waals surface area contributed by atoms with Crippen LogP contribution in [0.25, 0.3) is 22.2 Å². The summed E-state index contributed by atoms with van der Waals surface area (Å²) in [7, 11) is 0. The van der Waals surface area contributed by atoms with E-state index in [9.17, 15) is 23.2 Å². The molecule has 0 unspecified atom stereocenters. The molecule has 1 spiro atoms. The quantitative estimate of drug-likeness (QED) is 0.480. The SMILES string of the molecule is O=C(CN1C(=O)NC2(CCC(F)(F)CC2)C1=O)c1ccc(-c2ncnc3ccccc23)cc1. The van der Waals surface area contributed by atoms with E-state index in [1.54, 1.807) is 24.3 Å². The summed E-state index contributed by atoms with van der Waals surface area (Å²) in [5.74, 6) is -3.87. The number of benzene rings is 2. The Balaban J connectivity index is 1.32. The molecule has 0 bridgehead atoms. The number of fused-ring (bicyclic) bond motifs is 1. The number of halogens is 2. The lowest BCUT2D eigenvalue weighted by Gasteiger charge is -2.34. The van der Waals surface area contributed by atoms with Crippen LogP contribution in [0, 0.1) is 0 Å². The number of aromatic nitrogens is 2. The minimum absolute atomic E-state index is 0.142. The van der Waals surface area contributed by atoms with Gasteiger partial charge in [-0.3, -0.25) is 14.5 Å². The van der Waals surface area contributed by atoms with E-state index in [0.29, 0.717) is 5.56 Å². The molecular weight excluding hydrogens is 430 g/mol. The number of carbonyl (C=O) groups excluding carboxylic acids is 3. The van der Waals surface area contributed by atoms with Crippen molar-refractivity contribution in [3.63, 3.8) is 0 Å². The lowest BCUT2D eigenvalue weighted by Crippen LogP contribution is -2.51. The van der Waals surface area contributed by atoms with E-state index in [1.165, 1.54) is 6.33 Å². The predicted molar refractivity (Wildman–Crippen MR) is 116 cm³/mol. The monoisotopic (exact) mass is 450 g/mol. The first-order valence-corrected chi connectivity index (χ1v) is 10.6. The summed E-state index contributed by atoms with van der Waals surface area (Å²) in [4.78, 5) is 47.5. The van der Waals surface area contributed by atoms with Gasteiger partial charge in [-0.1, -0.05) is 42.5 Å². The van der Waals surface area contributed by atoms with Crippen molar-refractivity contribution in [2.24, 2.45) is 0 Å². The average Bonchev–Trinajstić information content (AvgIpc) is 3.05. The number of rotatable bonds is 4. The van der Waals surface area contributed by atoms with Crippen LogP contribution in [0.4, 0.5) is 13.6 Å². The minimum Gasteiger partial charge on any atom is -0.323 e. The molecule has 1 saturated heterocycles. The maximum Gasteiger partial charge on any atom is 0.325 e. The number of Topliss-reactive ketones (excluding diaryl/α,β-unsaturated/α-hetero) is 1. The average molecular weight is 450 g/mol. The molecule has 33 heavy (non-hydrogen) atoms. The van der Waals surface area contributed by atoms with Gasteiger partial charge in [0.15, 0.2) is 5.78 Å². The summed E-state index contributed by atoms with van der Waals surface area (Å²) >= 11 is 0. The molecule has 5 rings (SSSR count). The van der Waals surface area contributed by atoms with Crippen LogP contribution in [-0.4, -0.2) is 50.6 Å². The Kier molecular flexibility index (Phi) is 4.92. The van der Waals surface area contributed by atoms with E-state index < -0.39 is 48.6 Å². The van der Waals surface area contributed by atoms with Crippen LogP contribution < -0.4 is 5.32 Å². The van der Waals surface area contributed by atoms with Gasteiger partial charge in [-0.2, -0.15) is 0 Å². The largest absolute Gasteiger partial charge is 0.325 e. The molecule has 7 nitrogen and oxygen atoms in total. The van der Waals surface area contributed by atoms with Crippen LogP contribution in [0.15, 0.2) is 54.9 Å². The van der Waals surface area contributed by atoms with Gasteiger partial charge in [0, 0.05) is 29.4 Å². The highest BCUT2D eigenvalue weighted by Gasteiger charge is 2.55. The molecule has 168 valence electrons. The molecule has 2 heterocycles. The summed E-state index contributed by atoms with van der Waals surface area (Å²) < 4.78 is 27.1. The third kappa shape index (κ3) is 3.73. The van der Waals surface area contributed by atoms with Crippen LogP contribution in [0.3, 0.4) is 0 Å². The number of nitrogens with one attached hydrogen (secondary N) is 1. The Labute approximate surface area is 187 Å². The van der Waals surface area contributed by atoms with Gasteiger partial charge in [0.05, 0.1) is 17.8 Å². The maximum absolute atomic E-state index is 13.5. The highest BCUT2D eigenvalue weighted by molar-refractivity contribution is 6.11. The number of nitrogens with zero attached hydrogens (tertiary/aromatic N) is 3. The molecule has 2 aliphatic rings. The van der Waals surface area contributed by atoms with Crippen molar-refractivity contribution in [1.29, 1.82) is 0 Å². The van der Waals surface area contributed by atoms with Crippen molar-refractivity contribution in [3.05, 3.63) is 60.4 Å². The molecule has 0 radical (unpaired) electrons. The fourth-order valence-corrected chi connectivity index (χ4v) is 4.48. The van der Waals surface area contributed by atoms with Crippen LogP contribution in [0.1, 0.15) is 36.0 Å². The van der Waals surface area contributed by atoms with Crippen LogP contribution >= 0.6 is 0 Å². The van der Waals surface area contributed by atoms with Gasteiger partial charge in [0.2, 0.25) is 5.92 Å².